The molecule has 3 rings (SSSR count). The van der Waals surface area contributed by atoms with Crippen LogP contribution in [0.15, 0.2) is 72.3 Å². The van der Waals surface area contributed by atoms with Crippen LogP contribution in [0.2, 0.25) is 0 Å². The quantitative estimate of drug-likeness (QED) is 0.312. The number of hydrogen-bond acceptors (Lipinski definition) is 2. The number of alkyl halides is 1. The number of carbonyl (C=O) groups is 2. The van der Waals surface area contributed by atoms with E-state index in [1.54, 1.807) is 0 Å². The second-order valence-corrected chi connectivity index (χ2v) is 7.10. The normalized spacial score (nSPS) is 19.5. The molecule has 3 heteroatoms. The summed E-state index contributed by atoms with van der Waals surface area (Å²) in [6.07, 6.45) is 2.65. The standard InChI is InChI=1S/C20H17IO2/c21-18(15-9-5-2-6-10-15)13-17-19(22)11-16(12-20(17)23)14-7-3-1-4-8-14/h1-10,13,16,18H,11-12H2. The fourth-order valence-electron chi connectivity index (χ4n) is 2.92. The molecule has 23 heavy (non-hydrogen) atoms. The number of carbonyl (C=O) groups excluding carboxylic acids is 2. The summed E-state index contributed by atoms with van der Waals surface area (Å²) in [5.41, 5.74) is 2.55. The molecule has 0 radical (unpaired) electrons. The zero-order chi connectivity index (χ0) is 16.2. The highest BCUT2D eigenvalue weighted by molar-refractivity contribution is 14.1. The van der Waals surface area contributed by atoms with Gasteiger partial charge >= 0.3 is 0 Å². The molecule has 0 spiro atoms. The molecule has 0 amide bonds. The minimum atomic E-state index is -0.0345. The molecule has 0 aromatic heterocycles. The van der Waals surface area contributed by atoms with Gasteiger partial charge in [-0.1, -0.05) is 89.3 Å². The summed E-state index contributed by atoms with van der Waals surface area (Å²) < 4.78 is 0.0324. The minimum Gasteiger partial charge on any atom is -0.294 e. The van der Waals surface area contributed by atoms with Crippen LogP contribution < -0.4 is 0 Å². The molecule has 2 aromatic carbocycles. The van der Waals surface area contributed by atoms with Crippen molar-refractivity contribution in [3.8, 4) is 0 Å². The van der Waals surface area contributed by atoms with Crippen molar-refractivity contribution in [3.05, 3.63) is 83.4 Å². The second-order valence-electron chi connectivity index (χ2n) is 5.75. The molecular weight excluding hydrogens is 399 g/mol. The van der Waals surface area contributed by atoms with E-state index in [1.807, 2.05) is 66.7 Å². The number of rotatable bonds is 3. The van der Waals surface area contributed by atoms with E-state index in [-0.39, 0.29) is 21.4 Å². The predicted molar refractivity (Wildman–Crippen MR) is 99.7 cm³/mol. The van der Waals surface area contributed by atoms with Crippen molar-refractivity contribution in [3.63, 3.8) is 0 Å². The maximum Gasteiger partial charge on any atom is 0.166 e. The van der Waals surface area contributed by atoms with Gasteiger partial charge in [0.25, 0.3) is 0 Å². The zero-order valence-electron chi connectivity index (χ0n) is 12.6. The summed E-state index contributed by atoms with van der Waals surface area (Å²) in [6, 6.07) is 19.7. The maximum absolute atomic E-state index is 12.5. The number of hydrogen-bond donors (Lipinski definition) is 0. The van der Waals surface area contributed by atoms with Crippen molar-refractivity contribution in [1.82, 2.24) is 0 Å². The van der Waals surface area contributed by atoms with E-state index in [0.29, 0.717) is 18.4 Å². The van der Waals surface area contributed by atoms with Crippen LogP contribution in [0, 0.1) is 0 Å². The molecule has 0 bridgehead atoms. The highest BCUT2D eigenvalue weighted by Crippen LogP contribution is 2.34. The van der Waals surface area contributed by atoms with Gasteiger partial charge in [-0.05, 0) is 17.0 Å². The zero-order valence-corrected chi connectivity index (χ0v) is 14.8. The SMILES string of the molecule is O=C1CC(c2ccccc2)CC(=O)C1=CC(I)c1ccccc1. The Morgan fingerprint density at radius 2 is 1.39 bits per heavy atom. The summed E-state index contributed by atoms with van der Waals surface area (Å²) in [7, 11) is 0. The molecule has 0 aliphatic heterocycles. The monoisotopic (exact) mass is 416 g/mol. The molecule has 1 fully saturated rings. The number of Topliss-reactive ketones (excluding diaryl/α,β-unsaturated/α-hetero) is 2. The first-order chi connectivity index (χ1) is 11.1. The van der Waals surface area contributed by atoms with E-state index in [1.165, 1.54) is 0 Å². The van der Waals surface area contributed by atoms with Crippen molar-refractivity contribution in [1.29, 1.82) is 0 Å². The predicted octanol–water partition coefficient (Wildman–Crippen LogP) is 4.80. The minimum absolute atomic E-state index is 0.0118. The van der Waals surface area contributed by atoms with Crippen LogP contribution in [0.3, 0.4) is 0 Å². The average molecular weight is 416 g/mol. The molecule has 1 atom stereocenters. The van der Waals surface area contributed by atoms with Gasteiger partial charge in [-0.25, -0.2) is 0 Å². The Balaban J connectivity index is 1.79. The fraction of sp³-hybridized carbons (Fsp3) is 0.200. The molecule has 116 valence electrons. The Bertz CT molecular complexity index is 715. The largest absolute Gasteiger partial charge is 0.294 e. The Labute approximate surface area is 149 Å². The summed E-state index contributed by atoms with van der Waals surface area (Å²) >= 11 is 2.27. The first-order valence-corrected chi connectivity index (χ1v) is 8.92. The molecule has 1 aliphatic carbocycles. The molecule has 2 nitrogen and oxygen atoms in total. The molecule has 0 saturated heterocycles. The molecule has 1 saturated carbocycles. The first kappa shape index (κ1) is 16.1. The number of allylic oxidation sites excluding steroid dienone is 2. The van der Waals surface area contributed by atoms with Gasteiger partial charge in [0.2, 0.25) is 0 Å². The third-order valence-electron chi connectivity index (χ3n) is 4.17. The Morgan fingerprint density at radius 3 is 1.96 bits per heavy atom. The van der Waals surface area contributed by atoms with E-state index >= 15 is 0 Å². The lowest BCUT2D eigenvalue weighted by molar-refractivity contribution is -0.124. The van der Waals surface area contributed by atoms with E-state index in [4.69, 9.17) is 0 Å². The first-order valence-electron chi connectivity index (χ1n) is 7.67. The van der Waals surface area contributed by atoms with Gasteiger partial charge in [0, 0.05) is 12.8 Å². The van der Waals surface area contributed by atoms with Crippen LogP contribution in [-0.2, 0) is 9.59 Å². The van der Waals surface area contributed by atoms with Crippen molar-refractivity contribution in [2.75, 3.05) is 0 Å². The van der Waals surface area contributed by atoms with Gasteiger partial charge in [-0.3, -0.25) is 9.59 Å². The van der Waals surface area contributed by atoms with E-state index in [0.717, 1.165) is 11.1 Å². The maximum atomic E-state index is 12.5. The van der Waals surface area contributed by atoms with Crippen LogP contribution in [0.1, 0.15) is 33.8 Å². The lowest BCUT2D eigenvalue weighted by atomic mass is 9.79. The molecule has 1 aliphatic rings. The van der Waals surface area contributed by atoms with Crippen LogP contribution in [0.4, 0.5) is 0 Å². The van der Waals surface area contributed by atoms with Crippen molar-refractivity contribution in [2.45, 2.75) is 22.7 Å². The van der Waals surface area contributed by atoms with Crippen LogP contribution in [0.25, 0.3) is 0 Å². The smallest absolute Gasteiger partial charge is 0.166 e. The van der Waals surface area contributed by atoms with Crippen molar-refractivity contribution < 1.29 is 9.59 Å². The molecule has 1 unspecified atom stereocenters. The lowest BCUT2D eigenvalue weighted by Gasteiger charge is -2.23. The molecule has 2 aromatic rings. The molecular formula is C20H17IO2. The summed E-state index contributed by atoms with van der Waals surface area (Å²) in [5.74, 6) is -0.0573. The van der Waals surface area contributed by atoms with Crippen molar-refractivity contribution >= 4 is 34.2 Å². The van der Waals surface area contributed by atoms with Gasteiger partial charge in [-0.15, -0.1) is 0 Å². The van der Waals surface area contributed by atoms with E-state index < -0.39 is 0 Å². The second kappa shape index (κ2) is 7.21. The van der Waals surface area contributed by atoms with Gasteiger partial charge in [0.05, 0.1) is 9.50 Å². The number of halogens is 1. The number of ketones is 2. The Kier molecular flexibility index (Phi) is 5.06. The molecule has 0 N–H and O–H groups in total. The third-order valence-corrected chi connectivity index (χ3v) is 5.25. The molecule has 0 heterocycles. The summed E-state index contributed by atoms with van der Waals surface area (Å²) in [4.78, 5) is 24.9. The van der Waals surface area contributed by atoms with Gasteiger partial charge in [0.1, 0.15) is 0 Å². The Hall–Kier alpha value is -1.75. The third kappa shape index (κ3) is 3.78. The van der Waals surface area contributed by atoms with E-state index in [2.05, 4.69) is 22.6 Å². The topological polar surface area (TPSA) is 34.1 Å². The van der Waals surface area contributed by atoms with Crippen molar-refractivity contribution in [2.24, 2.45) is 0 Å². The summed E-state index contributed by atoms with van der Waals surface area (Å²) in [5, 5.41) is 0. The van der Waals surface area contributed by atoms with Crippen LogP contribution in [0.5, 0.6) is 0 Å². The lowest BCUT2D eigenvalue weighted by Crippen LogP contribution is -2.25. The number of benzene rings is 2. The Morgan fingerprint density at radius 1 is 0.870 bits per heavy atom. The highest BCUT2D eigenvalue weighted by atomic mass is 127. The average Bonchev–Trinajstić information content (AvgIpc) is 2.59. The van der Waals surface area contributed by atoms with E-state index in [9.17, 15) is 9.59 Å². The van der Waals surface area contributed by atoms with Crippen LogP contribution in [-0.4, -0.2) is 11.6 Å². The van der Waals surface area contributed by atoms with Gasteiger partial charge < -0.3 is 0 Å². The van der Waals surface area contributed by atoms with Gasteiger partial charge in [0.15, 0.2) is 11.6 Å². The summed E-state index contributed by atoms with van der Waals surface area (Å²) in [6.45, 7) is 0. The highest BCUT2D eigenvalue weighted by Gasteiger charge is 2.31. The van der Waals surface area contributed by atoms with Gasteiger partial charge in [-0.2, -0.15) is 0 Å². The van der Waals surface area contributed by atoms with Crippen LogP contribution >= 0.6 is 22.6 Å². The fourth-order valence-corrected chi connectivity index (χ4v) is 3.70.